The van der Waals surface area contributed by atoms with Crippen molar-refractivity contribution in [2.24, 2.45) is 0 Å². The Labute approximate surface area is 176 Å². The Bertz CT molecular complexity index is 931. The van der Waals surface area contributed by atoms with Crippen LogP contribution in [0.3, 0.4) is 0 Å². The Morgan fingerprint density at radius 2 is 1.63 bits per heavy atom. The van der Waals surface area contributed by atoms with Crippen molar-refractivity contribution in [3.8, 4) is 0 Å². The van der Waals surface area contributed by atoms with E-state index >= 15 is 0 Å². The number of nitrogens with one attached hydrogen (secondary N) is 3. The van der Waals surface area contributed by atoms with Gasteiger partial charge in [-0.05, 0) is 44.0 Å². The highest BCUT2D eigenvalue weighted by atomic mass is 32.2. The van der Waals surface area contributed by atoms with Crippen LogP contribution in [-0.2, 0) is 19.6 Å². The lowest BCUT2D eigenvalue weighted by Gasteiger charge is -2.17. The van der Waals surface area contributed by atoms with E-state index in [2.05, 4.69) is 10.0 Å². The highest BCUT2D eigenvalue weighted by molar-refractivity contribution is 7.89. The van der Waals surface area contributed by atoms with E-state index in [0.717, 1.165) is 11.3 Å². The summed E-state index contributed by atoms with van der Waals surface area (Å²) in [6.45, 7) is 1.84. The van der Waals surface area contributed by atoms with Gasteiger partial charge in [-0.1, -0.05) is 48.7 Å². The number of benzene rings is 2. The minimum atomic E-state index is -3.91. The molecule has 9 heteroatoms. The van der Waals surface area contributed by atoms with Crippen LogP contribution in [0.4, 0.5) is 5.69 Å². The van der Waals surface area contributed by atoms with E-state index in [1.54, 1.807) is 24.3 Å². The van der Waals surface area contributed by atoms with Crippen molar-refractivity contribution >= 4 is 27.5 Å². The van der Waals surface area contributed by atoms with Crippen molar-refractivity contribution in [2.75, 3.05) is 5.32 Å². The average molecular weight is 434 g/mol. The second-order valence-electron chi connectivity index (χ2n) is 6.98. The zero-order valence-corrected chi connectivity index (χ0v) is 17.6. The second-order valence-corrected chi connectivity index (χ2v) is 8.69. The highest BCUT2D eigenvalue weighted by Crippen LogP contribution is 2.14. The number of carbonyl (C=O) groups is 2. The molecule has 8 nitrogen and oxygen atoms in total. The van der Waals surface area contributed by atoms with E-state index in [1.807, 2.05) is 25.1 Å². The fourth-order valence-electron chi connectivity index (χ4n) is 2.85. The standard InChI is InChI=1S/C21H27N3O5S/c1-16-12-14-18(15-13-16)30(28,29)24-19(21(26)23-27)10-6-3-7-11-20(25)22-17-8-4-2-5-9-17/h2,4-5,8-9,12-15,19,24,27H,3,6-7,10-11H2,1H3,(H,22,25)(H,23,26)/t19-/m0/s1. The maximum absolute atomic E-state index is 12.5. The molecule has 2 aromatic carbocycles. The molecule has 162 valence electrons. The fraction of sp³-hybridized carbons (Fsp3) is 0.333. The summed E-state index contributed by atoms with van der Waals surface area (Å²) in [6.07, 6.45) is 2.24. The Balaban J connectivity index is 1.81. The second kappa shape index (κ2) is 11.4. The molecule has 4 N–H and O–H groups in total. The molecule has 0 fully saturated rings. The van der Waals surface area contributed by atoms with Gasteiger partial charge in [-0.25, -0.2) is 13.9 Å². The van der Waals surface area contributed by atoms with Gasteiger partial charge in [-0.2, -0.15) is 4.72 Å². The Morgan fingerprint density at radius 1 is 0.967 bits per heavy atom. The summed E-state index contributed by atoms with van der Waals surface area (Å²) in [4.78, 5) is 23.9. The van der Waals surface area contributed by atoms with E-state index in [0.29, 0.717) is 25.7 Å². The zero-order chi connectivity index (χ0) is 22.0. The van der Waals surface area contributed by atoms with Crippen LogP contribution in [-0.4, -0.2) is 31.5 Å². The maximum Gasteiger partial charge on any atom is 0.261 e. The smallest absolute Gasteiger partial charge is 0.261 e. The molecule has 0 bridgehead atoms. The molecule has 1 atom stereocenters. The number of amides is 2. The monoisotopic (exact) mass is 433 g/mol. The minimum Gasteiger partial charge on any atom is -0.326 e. The molecule has 0 radical (unpaired) electrons. The van der Waals surface area contributed by atoms with Crippen LogP contribution in [0.25, 0.3) is 0 Å². The van der Waals surface area contributed by atoms with Gasteiger partial charge in [0.1, 0.15) is 6.04 Å². The molecule has 0 aliphatic carbocycles. The van der Waals surface area contributed by atoms with E-state index in [-0.39, 0.29) is 17.2 Å². The van der Waals surface area contributed by atoms with Gasteiger partial charge in [0.25, 0.3) is 5.91 Å². The van der Waals surface area contributed by atoms with E-state index in [1.165, 1.54) is 17.6 Å². The molecule has 0 aliphatic rings. The molecule has 0 heterocycles. The van der Waals surface area contributed by atoms with Gasteiger partial charge in [0.15, 0.2) is 0 Å². The fourth-order valence-corrected chi connectivity index (χ4v) is 4.08. The van der Waals surface area contributed by atoms with Gasteiger partial charge in [0, 0.05) is 12.1 Å². The number of aryl methyl sites for hydroxylation is 1. The third kappa shape index (κ3) is 7.58. The van der Waals surface area contributed by atoms with Crippen molar-refractivity contribution < 1.29 is 23.2 Å². The summed E-state index contributed by atoms with van der Waals surface area (Å²) in [7, 11) is -3.91. The van der Waals surface area contributed by atoms with Gasteiger partial charge in [0.05, 0.1) is 4.90 Å². The van der Waals surface area contributed by atoms with Crippen LogP contribution in [0, 0.1) is 6.92 Å². The van der Waals surface area contributed by atoms with Crippen LogP contribution in [0.1, 0.15) is 37.7 Å². The summed E-state index contributed by atoms with van der Waals surface area (Å²) in [5.41, 5.74) is 3.15. The SMILES string of the molecule is Cc1ccc(S(=O)(=O)N[C@@H](CCCCCC(=O)Nc2ccccc2)C(=O)NO)cc1. The third-order valence-electron chi connectivity index (χ3n) is 4.51. The Morgan fingerprint density at radius 3 is 2.27 bits per heavy atom. The first-order valence-corrected chi connectivity index (χ1v) is 11.2. The van der Waals surface area contributed by atoms with Crippen molar-refractivity contribution in [2.45, 2.75) is 50.0 Å². The Kier molecular flexibility index (Phi) is 8.97. The van der Waals surface area contributed by atoms with E-state index in [9.17, 15) is 18.0 Å². The first-order valence-electron chi connectivity index (χ1n) is 9.69. The predicted molar refractivity (Wildman–Crippen MR) is 113 cm³/mol. The topological polar surface area (TPSA) is 125 Å². The number of rotatable bonds is 11. The van der Waals surface area contributed by atoms with Crippen LogP contribution in [0.15, 0.2) is 59.5 Å². The number of para-hydroxylation sites is 1. The van der Waals surface area contributed by atoms with Crippen LogP contribution in [0.5, 0.6) is 0 Å². The summed E-state index contributed by atoms with van der Waals surface area (Å²) in [5.74, 6) is -0.932. The molecule has 2 aromatic rings. The molecule has 0 unspecified atom stereocenters. The van der Waals surface area contributed by atoms with E-state index in [4.69, 9.17) is 5.21 Å². The van der Waals surface area contributed by atoms with Gasteiger partial charge in [-0.3, -0.25) is 14.8 Å². The number of unbranched alkanes of at least 4 members (excludes halogenated alkanes) is 2. The van der Waals surface area contributed by atoms with Gasteiger partial charge >= 0.3 is 0 Å². The zero-order valence-electron chi connectivity index (χ0n) is 16.8. The molecule has 0 aromatic heterocycles. The van der Waals surface area contributed by atoms with Crippen LogP contribution >= 0.6 is 0 Å². The quantitative estimate of drug-likeness (QED) is 0.246. The summed E-state index contributed by atoms with van der Waals surface area (Å²) in [5, 5.41) is 11.7. The molecule has 0 aliphatic heterocycles. The van der Waals surface area contributed by atoms with Gasteiger partial charge < -0.3 is 5.32 Å². The number of hydrogen-bond donors (Lipinski definition) is 4. The lowest BCUT2D eigenvalue weighted by atomic mass is 10.1. The van der Waals surface area contributed by atoms with E-state index < -0.39 is 22.0 Å². The molecule has 0 saturated carbocycles. The average Bonchev–Trinajstić information content (AvgIpc) is 2.73. The summed E-state index contributed by atoms with van der Waals surface area (Å²) in [6, 6.07) is 14.3. The molecule has 2 rings (SSSR count). The summed E-state index contributed by atoms with van der Waals surface area (Å²) < 4.78 is 27.3. The molecular weight excluding hydrogens is 406 g/mol. The molecule has 0 spiro atoms. The van der Waals surface area contributed by atoms with Crippen molar-refractivity contribution in [3.05, 3.63) is 60.2 Å². The summed E-state index contributed by atoms with van der Waals surface area (Å²) >= 11 is 0. The number of hydrogen-bond acceptors (Lipinski definition) is 5. The molecule has 30 heavy (non-hydrogen) atoms. The van der Waals surface area contributed by atoms with Gasteiger partial charge in [-0.15, -0.1) is 0 Å². The van der Waals surface area contributed by atoms with Crippen LogP contribution in [0.2, 0.25) is 0 Å². The third-order valence-corrected chi connectivity index (χ3v) is 6.00. The normalized spacial score (nSPS) is 12.2. The number of sulfonamides is 1. The number of carbonyl (C=O) groups excluding carboxylic acids is 2. The highest BCUT2D eigenvalue weighted by Gasteiger charge is 2.25. The first kappa shape index (κ1) is 23.5. The lowest BCUT2D eigenvalue weighted by Crippen LogP contribution is -2.45. The number of anilines is 1. The first-order chi connectivity index (χ1) is 14.3. The van der Waals surface area contributed by atoms with Crippen molar-refractivity contribution in [3.63, 3.8) is 0 Å². The van der Waals surface area contributed by atoms with Crippen molar-refractivity contribution in [1.29, 1.82) is 0 Å². The molecule has 0 saturated heterocycles. The van der Waals surface area contributed by atoms with Crippen molar-refractivity contribution in [1.82, 2.24) is 10.2 Å². The molecule has 2 amide bonds. The number of hydroxylamine groups is 1. The maximum atomic E-state index is 12.5. The largest absolute Gasteiger partial charge is 0.326 e. The molecular formula is C21H27N3O5S. The Hall–Kier alpha value is -2.75. The predicted octanol–water partition coefficient (Wildman–Crippen LogP) is 2.74. The minimum absolute atomic E-state index is 0.0430. The van der Waals surface area contributed by atoms with Gasteiger partial charge in [0.2, 0.25) is 15.9 Å². The van der Waals surface area contributed by atoms with Crippen LogP contribution < -0.4 is 15.5 Å². The lowest BCUT2D eigenvalue weighted by molar-refractivity contribution is -0.131.